The summed E-state index contributed by atoms with van der Waals surface area (Å²) in [6.45, 7) is 2.99. The van der Waals surface area contributed by atoms with E-state index in [0.717, 1.165) is 39.9 Å². The van der Waals surface area contributed by atoms with Gasteiger partial charge in [0.1, 0.15) is 5.75 Å². The molecule has 0 bridgehead atoms. The summed E-state index contributed by atoms with van der Waals surface area (Å²) in [5, 5.41) is 0. The SMILES string of the molecule is CC(CCS)CCOc1ccc(Br)cc1Br. The van der Waals surface area contributed by atoms with Gasteiger partial charge in [-0.25, -0.2) is 0 Å². The lowest BCUT2D eigenvalue weighted by molar-refractivity contribution is 0.280. The fraction of sp³-hybridized carbons (Fsp3) is 0.500. The second-order valence-corrected chi connectivity index (χ2v) is 6.05. The summed E-state index contributed by atoms with van der Waals surface area (Å²) < 4.78 is 7.76. The zero-order valence-electron chi connectivity index (χ0n) is 9.25. The second-order valence-electron chi connectivity index (χ2n) is 3.83. The van der Waals surface area contributed by atoms with Crippen LogP contribution < -0.4 is 4.74 Å². The van der Waals surface area contributed by atoms with Gasteiger partial charge >= 0.3 is 0 Å². The first-order valence-electron chi connectivity index (χ1n) is 5.32. The Bertz CT molecular complexity index is 331. The van der Waals surface area contributed by atoms with E-state index in [1.807, 2.05) is 18.2 Å². The highest BCUT2D eigenvalue weighted by Gasteiger charge is 2.04. The van der Waals surface area contributed by atoms with Gasteiger partial charge in [-0.05, 0) is 58.6 Å². The van der Waals surface area contributed by atoms with E-state index in [2.05, 4.69) is 51.4 Å². The van der Waals surface area contributed by atoms with Crippen molar-refractivity contribution < 1.29 is 4.74 Å². The summed E-state index contributed by atoms with van der Waals surface area (Å²) >= 11 is 11.1. The molecular weight excluding hydrogens is 352 g/mol. The van der Waals surface area contributed by atoms with Crippen LogP contribution in [-0.4, -0.2) is 12.4 Å². The Kier molecular flexibility index (Phi) is 6.85. The summed E-state index contributed by atoms with van der Waals surface area (Å²) in [6, 6.07) is 5.95. The quantitative estimate of drug-likeness (QED) is 0.701. The predicted molar refractivity (Wildman–Crippen MR) is 79.6 cm³/mol. The van der Waals surface area contributed by atoms with Crippen molar-refractivity contribution in [3.63, 3.8) is 0 Å². The third kappa shape index (κ3) is 5.11. The monoisotopic (exact) mass is 366 g/mol. The second kappa shape index (κ2) is 7.62. The molecule has 16 heavy (non-hydrogen) atoms. The number of hydrogen-bond donors (Lipinski definition) is 1. The molecule has 0 aliphatic heterocycles. The molecule has 1 nitrogen and oxygen atoms in total. The Morgan fingerprint density at radius 2 is 2.06 bits per heavy atom. The molecule has 1 aromatic carbocycles. The molecule has 0 heterocycles. The van der Waals surface area contributed by atoms with E-state index in [1.165, 1.54) is 0 Å². The highest BCUT2D eigenvalue weighted by atomic mass is 79.9. The average molecular weight is 368 g/mol. The molecule has 0 aliphatic rings. The van der Waals surface area contributed by atoms with Crippen LogP contribution in [0.25, 0.3) is 0 Å². The van der Waals surface area contributed by atoms with Crippen molar-refractivity contribution in [3.8, 4) is 5.75 Å². The number of hydrogen-bond acceptors (Lipinski definition) is 2. The van der Waals surface area contributed by atoms with Gasteiger partial charge < -0.3 is 4.74 Å². The average Bonchev–Trinajstić information content (AvgIpc) is 2.22. The molecule has 90 valence electrons. The minimum atomic E-state index is 0.673. The normalized spacial score (nSPS) is 12.5. The number of rotatable bonds is 6. The highest BCUT2D eigenvalue weighted by molar-refractivity contribution is 9.11. The first-order valence-corrected chi connectivity index (χ1v) is 7.54. The zero-order valence-corrected chi connectivity index (χ0v) is 13.3. The minimum absolute atomic E-state index is 0.673. The van der Waals surface area contributed by atoms with E-state index in [-0.39, 0.29) is 0 Å². The van der Waals surface area contributed by atoms with Crippen LogP contribution in [0.4, 0.5) is 0 Å². The van der Waals surface area contributed by atoms with Gasteiger partial charge in [0.15, 0.2) is 0 Å². The van der Waals surface area contributed by atoms with E-state index in [0.29, 0.717) is 5.92 Å². The first-order chi connectivity index (χ1) is 7.63. The molecule has 0 aromatic heterocycles. The van der Waals surface area contributed by atoms with Gasteiger partial charge in [0.05, 0.1) is 11.1 Å². The lowest BCUT2D eigenvalue weighted by atomic mass is 10.1. The fourth-order valence-electron chi connectivity index (χ4n) is 1.33. The van der Waals surface area contributed by atoms with E-state index in [4.69, 9.17) is 4.74 Å². The molecule has 4 heteroatoms. The molecule has 0 N–H and O–H groups in total. The third-order valence-corrected chi connectivity index (χ3v) is 3.76. The Labute approximate surface area is 120 Å². The summed E-state index contributed by atoms with van der Waals surface area (Å²) in [7, 11) is 0. The van der Waals surface area contributed by atoms with E-state index in [9.17, 15) is 0 Å². The van der Waals surface area contributed by atoms with Gasteiger partial charge in [0, 0.05) is 4.47 Å². The maximum Gasteiger partial charge on any atom is 0.133 e. The third-order valence-electron chi connectivity index (χ3n) is 2.38. The summed E-state index contributed by atoms with van der Waals surface area (Å²) in [4.78, 5) is 0. The summed E-state index contributed by atoms with van der Waals surface area (Å²) in [5.41, 5.74) is 0. The Morgan fingerprint density at radius 3 is 2.69 bits per heavy atom. The Morgan fingerprint density at radius 1 is 1.31 bits per heavy atom. The van der Waals surface area contributed by atoms with Crippen LogP contribution in [0.5, 0.6) is 5.75 Å². The molecule has 1 atom stereocenters. The zero-order chi connectivity index (χ0) is 12.0. The molecule has 1 unspecified atom stereocenters. The van der Waals surface area contributed by atoms with Gasteiger partial charge in [0.2, 0.25) is 0 Å². The van der Waals surface area contributed by atoms with Gasteiger partial charge in [-0.3, -0.25) is 0 Å². The van der Waals surface area contributed by atoms with Crippen molar-refractivity contribution in [3.05, 3.63) is 27.1 Å². The number of benzene rings is 1. The maximum absolute atomic E-state index is 5.72. The van der Waals surface area contributed by atoms with Crippen LogP contribution in [0.15, 0.2) is 27.1 Å². The molecule has 0 radical (unpaired) electrons. The number of halogens is 2. The highest BCUT2D eigenvalue weighted by Crippen LogP contribution is 2.28. The van der Waals surface area contributed by atoms with E-state index < -0.39 is 0 Å². The topological polar surface area (TPSA) is 9.23 Å². The molecule has 0 saturated carbocycles. The molecule has 0 saturated heterocycles. The smallest absolute Gasteiger partial charge is 0.133 e. The van der Waals surface area contributed by atoms with Crippen molar-refractivity contribution in [1.29, 1.82) is 0 Å². The number of thiol groups is 1. The Balaban J connectivity index is 2.37. The molecule has 0 aliphatic carbocycles. The van der Waals surface area contributed by atoms with Gasteiger partial charge in [0.25, 0.3) is 0 Å². The summed E-state index contributed by atoms with van der Waals surface area (Å²) in [6.07, 6.45) is 2.22. The lowest BCUT2D eigenvalue weighted by Gasteiger charge is -2.12. The molecule has 0 amide bonds. The van der Waals surface area contributed by atoms with Crippen molar-refractivity contribution >= 4 is 44.5 Å². The van der Waals surface area contributed by atoms with Crippen molar-refractivity contribution in [1.82, 2.24) is 0 Å². The van der Waals surface area contributed by atoms with E-state index >= 15 is 0 Å². The van der Waals surface area contributed by atoms with Crippen LogP contribution >= 0.6 is 44.5 Å². The summed E-state index contributed by atoms with van der Waals surface area (Å²) in [5.74, 6) is 2.52. The van der Waals surface area contributed by atoms with E-state index in [1.54, 1.807) is 0 Å². The molecule has 0 spiro atoms. The van der Waals surface area contributed by atoms with Crippen molar-refractivity contribution in [2.75, 3.05) is 12.4 Å². The van der Waals surface area contributed by atoms with Crippen LogP contribution in [0.3, 0.4) is 0 Å². The Hall–Kier alpha value is 0.330. The van der Waals surface area contributed by atoms with Gasteiger partial charge in [-0.15, -0.1) is 0 Å². The molecule has 1 aromatic rings. The maximum atomic E-state index is 5.72. The van der Waals surface area contributed by atoms with Crippen LogP contribution in [-0.2, 0) is 0 Å². The van der Waals surface area contributed by atoms with Gasteiger partial charge in [-0.1, -0.05) is 22.9 Å². The van der Waals surface area contributed by atoms with Crippen LogP contribution in [0.2, 0.25) is 0 Å². The molecule has 1 rings (SSSR count). The standard InChI is InChI=1S/C12H16Br2OS/c1-9(5-7-16)4-6-15-12-3-2-10(13)8-11(12)14/h2-3,8-9,16H,4-7H2,1H3. The van der Waals surface area contributed by atoms with Crippen LogP contribution in [0, 0.1) is 5.92 Å². The number of ether oxygens (including phenoxy) is 1. The minimum Gasteiger partial charge on any atom is -0.492 e. The van der Waals surface area contributed by atoms with Crippen LogP contribution in [0.1, 0.15) is 19.8 Å². The molecular formula is C12H16Br2OS. The molecule has 0 fully saturated rings. The van der Waals surface area contributed by atoms with Gasteiger partial charge in [-0.2, -0.15) is 12.6 Å². The first kappa shape index (κ1) is 14.4. The predicted octanol–water partition coefficient (Wildman–Crippen LogP) is 4.94. The van der Waals surface area contributed by atoms with Crippen molar-refractivity contribution in [2.45, 2.75) is 19.8 Å². The largest absolute Gasteiger partial charge is 0.492 e. The lowest BCUT2D eigenvalue weighted by Crippen LogP contribution is -2.05. The van der Waals surface area contributed by atoms with Crippen molar-refractivity contribution in [2.24, 2.45) is 5.92 Å². The fourth-order valence-corrected chi connectivity index (χ4v) is 2.93.